The van der Waals surface area contributed by atoms with Crippen molar-refractivity contribution >= 4 is 17.3 Å². The van der Waals surface area contributed by atoms with Gasteiger partial charge in [-0.3, -0.25) is 14.4 Å². The molecule has 1 saturated heterocycles. The zero-order valence-electron chi connectivity index (χ0n) is 25.0. The van der Waals surface area contributed by atoms with Crippen molar-refractivity contribution in [1.29, 1.82) is 0 Å². The number of phenols is 2. The number of ether oxygens (including phenoxy) is 2. The molecular formula is C33H40O9. The largest absolute Gasteiger partial charge is 0.507 e. The zero-order valence-corrected chi connectivity index (χ0v) is 25.0. The van der Waals surface area contributed by atoms with Crippen molar-refractivity contribution < 1.29 is 44.3 Å². The highest BCUT2D eigenvalue weighted by molar-refractivity contribution is 6.30. The topological polar surface area (TPSA) is 151 Å². The molecule has 1 aliphatic heterocycles. The number of carbonyl (C=O) groups is 3. The van der Waals surface area contributed by atoms with Crippen molar-refractivity contribution in [3.05, 3.63) is 57.6 Å². The Bertz CT molecular complexity index is 1470. The number of aliphatic hydroxyl groups is 2. The first-order chi connectivity index (χ1) is 19.5. The predicted molar refractivity (Wildman–Crippen MR) is 153 cm³/mol. The minimum atomic E-state index is -2.17. The number of hydrogen-bond acceptors (Lipinski definition) is 9. The van der Waals surface area contributed by atoms with Gasteiger partial charge in [-0.15, -0.1) is 0 Å². The number of ketones is 3. The van der Waals surface area contributed by atoms with Crippen LogP contribution in [0.4, 0.5) is 0 Å². The Morgan fingerprint density at radius 2 is 1.52 bits per heavy atom. The molecule has 0 bridgehead atoms. The van der Waals surface area contributed by atoms with Crippen LogP contribution in [0.15, 0.2) is 24.3 Å². The number of benzene rings is 2. The maximum absolute atomic E-state index is 13.6. The molecule has 0 spiro atoms. The molecule has 0 radical (unpaired) electrons. The fraction of sp³-hybridized carbons (Fsp3) is 0.545. The molecule has 3 unspecified atom stereocenters. The van der Waals surface area contributed by atoms with Crippen LogP contribution in [-0.4, -0.2) is 62.9 Å². The summed E-state index contributed by atoms with van der Waals surface area (Å²) in [5.74, 6) is -2.87. The standard InChI is InChI=1S/C33H40O9/c1-16-11-31(3,4)30(41-15-17(2)32(16,5)6)42-21-13-33(40,22(35)14-34)12-20-23(21)29(39)25-24(28(20)38)26(36)18-9-7-8-10-19(18)27(25)37/h7-10,16-17,21,30,34,38-40H,11-15H2,1-6H3/t16?,17?,21-,30?,33-/m0/s1. The van der Waals surface area contributed by atoms with Crippen molar-refractivity contribution in [2.75, 3.05) is 13.2 Å². The molecule has 2 aromatic rings. The maximum atomic E-state index is 13.6. The molecule has 1 heterocycles. The van der Waals surface area contributed by atoms with E-state index in [1.54, 1.807) is 12.1 Å². The van der Waals surface area contributed by atoms with Crippen LogP contribution < -0.4 is 0 Å². The summed E-state index contributed by atoms with van der Waals surface area (Å²) in [6.45, 7) is 12.1. The molecule has 9 heteroatoms. The van der Waals surface area contributed by atoms with E-state index in [9.17, 15) is 34.8 Å². The number of phenolic OH excluding ortho intramolecular Hbond substituents is 2. The van der Waals surface area contributed by atoms with Crippen molar-refractivity contribution in [1.82, 2.24) is 0 Å². The highest BCUT2D eigenvalue weighted by Gasteiger charge is 2.51. The number of rotatable bonds is 4. The van der Waals surface area contributed by atoms with Crippen LogP contribution >= 0.6 is 0 Å². The van der Waals surface area contributed by atoms with E-state index in [-0.39, 0.29) is 57.1 Å². The van der Waals surface area contributed by atoms with Gasteiger partial charge in [0, 0.05) is 40.5 Å². The second-order valence-corrected chi connectivity index (χ2v) is 13.6. The van der Waals surface area contributed by atoms with Crippen LogP contribution in [0.1, 0.15) is 103 Å². The quantitative estimate of drug-likeness (QED) is 0.332. The molecule has 0 aromatic heterocycles. The average molecular weight is 581 g/mol. The Morgan fingerprint density at radius 1 is 0.952 bits per heavy atom. The molecule has 5 atom stereocenters. The van der Waals surface area contributed by atoms with Gasteiger partial charge in [-0.05, 0) is 23.7 Å². The lowest BCUT2D eigenvalue weighted by Gasteiger charge is -2.48. The van der Waals surface area contributed by atoms with Gasteiger partial charge in [-0.25, -0.2) is 0 Å². The van der Waals surface area contributed by atoms with Crippen LogP contribution in [-0.2, 0) is 20.7 Å². The third kappa shape index (κ3) is 4.58. The molecule has 5 rings (SSSR count). The Kier molecular flexibility index (Phi) is 7.41. The Labute approximate surface area is 245 Å². The van der Waals surface area contributed by atoms with Gasteiger partial charge in [0.25, 0.3) is 0 Å². The second-order valence-electron chi connectivity index (χ2n) is 13.6. The smallest absolute Gasteiger partial charge is 0.198 e. The van der Waals surface area contributed by atoms with Gasteiger partial charge in [-0.1, -0.05) is 65.8 Å². The number of fused-ring (bicyclic) bond motifs is 3. The highest BCUT2D eigenvalue weighted by atomic mass is 16.7. The summed E-state index contributed by atoms with van der Waals surface area (Å²) in [5, 5.41) is 44.3. The lowest BCUT2D eigenvalue weighted by atomic mass is 9.65. The van der Waals surface area contributed by atoms with E-state index in [1.165, 1.54) is 12.1 Å². The predicted octanol–water partition coefficient (Wildman–Crippen LogP) is 4.24. The van der Waals surface area contributed by atoms with E-state index in [4.69, 9.17) is 9.47 Å². The summed E-state index contributed by atoms with van der Waals surface area (Å²) in [6.07, 6.45) is -2.20. The molecule has 4 N–H and O–H groups in total. The first-order valence-corrected chi connectivity index (χ1v) is 14.5. The SMILES string of the molecule is CC1COC(O[C@H]2C[C@](O)(C(=O)CO)Cc3c(O)c4c(c(O)c32)C(=O)c2ccccc2C4=O)C(C)(C)CC(C)C1(C)C. The Hall–Kier alpha value is -3.11. The molecule has 226 valence electrons. The number of aliphatic hydroxyl groups excluding tert-OH is 1. The monoisotopic (exact) mass is 580 g/mol. The van der Waals surface area contributed by atoms with Gasteiger partial charge in [0.2, 0.25) is 0 Å². The van der Waals surface area contributed by atoms with Crippen LogP contribution in [0, 0.1) is 22.7 Å². The molecule has 9 nitrogen and oxygen atoms in total. The lowest BCUT2D eigenvalue weighted by Crippen LogP contribution is -2.49. The van der Waals surface area contributed by atoms with Crippen LogP contribution in [0.25, 0.3) is 0 Å². The summed E-state index contributed by atoms with van der Waals surface area (Å²) in [6, 6.07) is 6.14. The first kappa shape index (κ1) is 30.4. The molecule has 2 aromatic carbocycles. The second kappa shape index (κ2) is 10.3. The molecule has 42 heavy (non-hydrogen) atoms. The fourth-order valence-electron chi connectivity index (χ4n) is 6.84. The molecule has 0 amide bonds. The first-order valence-electron chi connectivity index (χ1n) is 14.5. The summed E-state index contributed by atoms with van der Waals surface area (Å²) >= 11 is 0. The molecular weight excluding hydrogens is 540 g/mol. The van der Waals surface area contributed by atoms with Gasteiger partial charge in [0.1, 0.15) is 23.7 Å². The van der Waals surface area contributed by atoms with Crippen LogP contribution in [0.5, 0.6) is 11.5 Å². The summed E-state index contributed by atoms with van der Waals surface area (Å²) in [5.41, 5.74) is -3.36. The van der Waals surface area contributed by atoms with Gasteiger partial charge >= 0.3 is 0 Å². The van der Waals surface area contributed by atoms with Crippen molar-refractivity contribution in [2.24, 2.45) is 22.7 Å². The number of hydrogen-bond donors (Lipinski definition) is 4. The minimum Gasteiger partial charge on any atom is -0.507 e. The Morgan fingerprint density at radius 3 is 2.10 bits per heavy atom. The van der Waals surface area contributed by atoms with Crippen molar-refractivity contribution in [2.45, 2.75) is 78.8 Å². The number of carbonyl (C=O) groups excluding carboxylic acids is 3. The maximum Gasteiger partial charge on any atom is 0.198 e. The highest BCUT2D eigenvalue weighted by Crippen LogP contribution is 2.53. The van der Waals surface area contributed by atoms with Gasteiger partial charge in [0.15, 0.2) is 23.6 Å². The van der Waals surface area contributed by atoms with Crippen LogP contribution in [0.2, 0.25) is 0 Å². The zero-order chi connectivity index (χ0) is 30.9. The normalized spacial score (nSPS) is 30.0. The van der Waals surface area contributed by atoms with Crippen molar-refractivity contribution in [3.8, 4) is 11.5 Å². The van der Waals surface area contributed by atoms with E-state index in [0.717, 1.165) is 6.42 Å². The summed E-state index contributed by atoms with van der Waals surface area (Å²) in [7, 11) is 0. The minimum absolute atomic E-state index is 0.0141. The third-order valence-corrected chi connectivity index (χ3v) is 10.2. The molecule has 1 fully saturated rings. The molecule has 2 aliphatic carbocycles. The molecule has 0 saturated carbocycles. The van der Waals surface area contributed by atoms with Crippen molar-refractivity contribution in [3.63, 3.8) is 0 Å². The Balaban J connectivity index is 1.66. The van der Waals surface area contributed by atoms with Gasteiger partial charge in [-0.2, -0.15) is 0 Å². The fourth-order valence-corrected chi connectivity index (χ4v) is 6.84. The van der Waals surface area contributed by atoms with Gasteiger partial charge in [0.05, 0.1) is 23.8 Å². The van der Waals surface area contributed by atoms with E-state index in [0.29, 0.717) is 6.61 Å². The third-order valence-electron chi connectivity index (χ3n) is 10.2. The van der Waals surface area contributed by atoms with E-state index in [1.807, 2.05) is 13.8 Å². The summed E-state index contributed by atoms with van der Waals surface area (Å²) < 4.78 is 12.9. The van der Waals surface area contributed by atoms with E-state index in [2.05, 4.69) is 27.7 Å². The molecule has 3 aliphatic rings. The summed E-state index contributed by atoms with van der Waals surface area (Å²) in [4.78, 5) is 39.9. The van der Waals surface area contributed by atoms with E-state index < -0.39 is 65.3 Å². The van der Waals surface area contributed by atoms with Gasteiger partial charge < -0.3 is 29.9 Å². The lowest BCUT2D eigenvalue weighted by molar-refractivity contribution is -0.254. The van der Waals surface area contributed by atoms with Crippen LogP contribution in [0.3, 0.4) is 0 Å². The number of aromatic hydroxyl groups is 2. The number of Topliss-reactive ketones (excluding diaryl/α,β-unsaturated/α-hetero) is 1. The van der Waals surface area contributed by atoms with E-state index >= 15 is 0 Å². The average Bonchev–Trinajstić information content (AvgIpc) is 2.93.